The topological polar surface area (TPSA) is 63.6 Å². The van der Waals surface area contributed by atoms with Gasteiger partial charge < -0.3 is 9.84 Å². The Balaban J connectivity index is 2.23. The molecule has 1 fully saturated rings. The van der Waals surface area contributed by atoms with Gasteiger partial charge in [-0.05, 0) is 38.7 Å². The molecule has 4 heteroatoms. The first kappa shape index (κ1) is 13.8. The molecule has 0 amide bonds. The second kappa shape index (κ2) is 5.59. The van der Waals surface area contributed by atoms with Crippen molar-refractivity contribution in [1.82, 2.24) is 0 Å². The Morgan fingerprint density at radius 2 is 2.16 bits per heavy atom. The molecule has 1 aliphatic carbocycles. The molecule has 0 spiro atoms. The summed E-state index contributed by atoms with van der Waals surface area (Å²) in [7, 11) is 0. The average Bonchev–Trinajstić information content (AvgIpc) is 2.60. The molecule has 1 heterocycles. The largest absolute Gasteiger partial charge is 0.478 e. The van der Waals surface area contributed by atoms with Gasteiger partial charge in [-0.1, -0.05) is 18.6 Å². The number of fused-ring (bicyclic) bond motifs is 1. The van der Waals surface area contributed by atoms with Gasteiger partial charge in [0, 0.05) is 11.5 Å². The van der Waals surface area contributed by atoms with E-state index < -0.39 is 5.97 Å². The maximum Gasteiger partial charge on any atom is 0.331 e. The van der Waals surface area contributed by atoms with E-state index in [1.54, 1.807) is 0 Å². The third-order valence-corrected chi connectivity index (χ3v) is 4.09. The fourth-order valence-corrected chi connectivity index (χ4v) is 2.82. The van der Waals surface area contributed by atoms with E-state index in [-0.39, 0.29) is 23.9 Å². The van der Waals surface area contributed by atoms with Crippen LogP contribution in [0.25, 0.3) is 0 Å². The average molecular weight is 264 g/mol. The number of hydrogen-bond acceptors (Lipinski definition) is 3. The van der Waals surface area contributed by atoms with Crippen LogP contribution in [-0.4, -0.2) is 23.1 Å². The lowest BCUT2D eigenvalue weighted by molar-refractivity contribution is -0.142. The lowest BCUT2D eigenvalue weighted by Gasteiger charge is -2.19. The minimum Gasteiger partial charge on any atom is -0.478 e. The summed E-state index contributed by atoms with van der Waals surface area (Å²) in [5.41, 5.74) is 1.61. The van der Waals surface area contributed by atoms with Crippen LogP contribution in [0.5, 0.6) is 0 Å². The summed E-state index contributed by atoms with van der Waals surface area (Å²) in [5, 5.41) is 9.16. The molecule has 1 N–H and O–H groups in total. The molecule has 0 aromatic carbocycles. The first-order valence-corrected chi connectivity index (χ1v) is 6.79. The molecule has 4 nitrogen and oxygen atoms in total. The summed E-state index contributed by atoms with van der Waals surface area (Å²) in [6, 6.07) is 0. The zero-order chi connectivity index (χ0) is 14.0. The number of carboxylic acid groups (broad SMARTS) is 1. The van der Waals surface area contributed by atoms with Crippen LogP contribution in [0, 0.1) is 11.8 Å². The van der Waals surface area contributed by atoms with Gasteiger partial charge in [0.15, 0.2) is 0 Å². The molecule has 1 aliphatic heterocycles. The van der Waals surface area contributed by atoms with Crippen LogP contribution in [0.15, 0.2) is 23.3 Å². The number of hydrogen-bond donors (Lipinski definition) is 1. The second-order valence-electron chi connectivity index (χ2n) is 5.48. The number of carbonyl (C=O) groups excluding carboxylic acids is 1. The van der Waals surface area contributed by atoms with Gasteiger partial charge in [0.25, 0.3) is 0 Å². The molecule has 3 atom stereocenters. The summed E-state index contributed by atoms with van der Waals surface area (Å²) in [6.45, 7) is 3.87. The highest BCUT2D eigenvalue weighted by atomic mass is 16.6. The van der Waals surface area contributed by atoms with Crippen LogP contribution < -0.4 is 0 Å². The van der Waals surface area contributed by atoms with E-state index in [1.165, 1.54) is 0 Å². The summed E-state index contributed by atoms with van der Waals surface area (Å²) >= 11 is 0. The van der Waals surface area contributed by atoms with Gasteiger partial charge in [-0.2, -0.15) is 0 Å². The summed E-state index contributed by atoms with van der Waals surface area (Å²) < 4.78 is 5.39. The third kappa shape index (κ3) is 3.06. The highest BCUT2D eigenvalue weighted by molar-refractivity contribution is 5.86. The van der Waals surface area contributed by atoms with E-state index in [9.17, 15) is 9.59 Å². The lowest BCUT2D eigenvalue weighted by atomic mass is 9.84. The summed E-state index contributed by atoms with van der Waals surface area (Å²) in [4.78, 5) is 22.8. The van der Waals surface area contributed by atoms with E-state index in [0.29, 0.717) is 18.4 Å². The van der Waals surface area contributed by atoms with E-state index in [4.69, 9.17) is 9.84 Å². The molecule has 2 rings (SSSR count). The molecular weight excluding hydrogens is 244 g/mol. The Morgan fingerprint density at radius 3 is 2.84 bits per heavy atom. The number of esters is 1. The Kier molecular flexibility index (Phi) is 4.08. The molecule has 19 heavy (non-hydrogen) atoms. The molecule has 2 aliphatic rings. The molecule has 1 unspecified atom stereocenters. The number of carbonyl (C=O) groups is 2. The van der Waals surface area contributed by atoms with Gasteiger partial charge in [0.05, 0.1) is 5.92 Å². The van der Waals surface area contributed by atoms with Gasteiger partial charge in [0.1, 0.15) is 6.10 Å². The first-order valence-electron chi connectivity index (χ1n) is 6.79. The highest BCUT2D eigenvalue weighted by Crippen LogP contribution is 2.35. The van der Waals surface area contributed by atoms with Crippen LogP contribution >= 0.6 is 0 Å². The second-order valence-corrected chi connectivity index (χ2v) is 5.48. The van der Waals surface area contributed by atoms with Crippen molar-refractivity contribution in [2.24, 2.45) is 11.8 Å². The van der Waals surface area contributed by atoms with Crippen molar-refractivity contribution < 1.29 is 19.4 Å². The minimum absolute atomic E-state index is 0.0864. The molecule has 0 radical (unpaired) electrons. The highest BCUT2D eigenvalue weighted by Gasteiger charge is 2.40. The Bertz CT molecular complexity index is 447. The van der Waals surface area contributed by atoms with Crippen LogP contribution in [0.4, 0.5) is 0 Å². The number of carboxylic acids is 1. The summed E-state index contributed by atoms with van der Waals surface area (Å²) in [5.74, 6) is -1.08. The summed E-state index contributed by atoms with van der Waals surface area (Å²) in [6.07, 6.45) is 6.38. The van der Waals surface area contributed by atoms with Crippen molar-refractivity contribution in [3.63, 3.8) is 0 Å². The Labute approximate surface area is 113 Å². The maximum absolute atomic E-state index is 11.7. The van der Waals surface area contributed by atoms with Crippen LogP contribution in [-0.2, 0) is 14.3 Å². The molecule has 104 valence electrons. The first-order chi connectivity index (χ1) is 8.99. The molecule has 0 bridgehead atoms. The maximum atomic E-state index is 11.7. The van der Waals surface area contributed by atoms with Gasteiger partial charge >= 0.3 is 11.9 Å². The van der Waals surface area contributed by atoms with Crippen LogP contribution in [0.3, 0.4) is 0 Å². The minimum atomic E-state index is -0.850. The van der Waals surface area contributed by atoms with Crippen molar-refractivity contribution in [3.05, 3.63) is 23.3 Å². The third-order valence-electron chi connectivity index (χ3n) is 4.09. The van der Waals surface area contributed by atoms with Gasteiger partial charge in [-0.15, -0.1) is 0 Å². The molecule has 1 saturated heterocycles. The SMILES string of the molecule is C/C1=C\[C@H]2OC(=O)C(C)[C@@H]2CC/C(C(=O)O)=C/CC1. The van der Waals surface area contributed by atoms with E-state index in [1.807, 2.05) is 26.0 Å². The fraction of sp³-hybridized carbons (Fsp3) is 0.600. The molecular formula is C15H20O4. The normalized spacial score (nSPS) is 37.4. The van der Waals surface area contributed by atoms with Gasteiger partial charge in [-0.3, -0.25) is 4.79 Å². The van der Waals surface area contributed by atoms with Gasteiger partial charge in [0.2, 0.25) is 0 Å². The van der Waals surface area contributed by atoms with Crippen molar-refractivity contribution in [1.29, 1.82) is 0 Å². The van der Waals surface area contributed by atoms with Crippen LogP contribution in [0.2, 0.25) is 0 Å². The monoisotopic (exact) mass is 264 g/mol. The predicted octanol–water partition coefficient (Wildman–Crippen LogP) is 2.70. The smallest absolute Gasteiger partial charge is 0.331 e. The molecule has 0 aromatic rings. The van der Waals surface area contributed by atoms with Crippen molar-refractivity contribution in [2.45, 2.75) is 45.6 Å². The van der Waals surface area contributed by atoms with Crippen molar-refractivity contribution in [3.8, 4) is 0 Å². The Hall–Kier alpha value is -1.58. The van der Waals surface area contributed by atoms with E-state index in [0.717, 1.165) is 18.4 Å². The fourth-order valence-electron chi connectivity index (χ4n) is 2.82. The Morgan fingerprint density at radius 1 is 1.42 bits per heavy atom. The number of aliphatic carboxylic acids is 1. The van der Waals surface area contributed by atoms with E-state index >= 15 is 0 Å². The van der Waals surface area contributed by atoms with Crippen LogP contribution in [0.1, 0.15) is 39.5 Å². The lowest BCUT2D eigenvalue weighted by Crippen LogP contribution is -2.19. The molecule has 0 saturated carbocycles. The number of allylic oxidation sites excluding steroid dienone is 2. The van der Waals surface area contributed by atoms with Gasteiger partial charge in [-0.25, -0.2) is 4.79 Å². The number of rotatable bonds is 1. The molecule has 0 aromatic heterocycles. The van der Waals surface area contributed by atoms with E-state index in [2.05, 4.69) is 0 Å². The zero-order valence-electron chi connectivity index (χ0n) is 11.4. The van der Waals surface area contributed by atoms with Crippen molar-refractivity contribution >= 4 is 11.9 Å². The predicted molar refractivity (Wildman–Crippen MR) is 70.5 cm³/mol. The zero-order valence-corrected chi connectivity index (χ0v) is 11.4. The number of ether oxygens (including phenoxy) is 1. The quantitative estimate of drug-likeness (QED) is 0.584. The standard InChI is InChI=1S/C15H20O4/c1-9-4-3-5-11(14(16)17)6-7-12-10(2)15(18)19-13(12)8-9/h5,8,10,12-13H,3-4,6-7H2,1-2H3,(H,16,17)/b9-8+,11-5-/t10?,12-,13+/m0/s1. The van der Waals surface area contributed by atoms with Crippen molar-refractivity contribution in [2.75, 3.05) is 0 Å².